The van der Waals surface area contributed by atoms with Gasteiger partial charge in [0, 0.05) is 0 Å². The molecule has 0 bridgehead atoms. The van der Waals surface area contributed by atoms with Gasteiger partial charge in [-0.2, -0.15) is 0 Å². The number of rotatable bonds is 6. The highest BCUT2D eigenvalue weighted by molar-refractivity contribution is 7.92. The minimum atomic E-state index is -3.74. The van der Waals surface area contributed by atoms with E-state index < -0.39 is 15.8 Å². The fourth-order valence-electron chi connectivity index (χ4n) is 2.64. The molecule has 1 N–H and O–H groups in total. The average molecular weight is 381 g/mol. The van der Waals surface area contributed by atoms with E-state index in [9.17, 15) is 12.8 Å². The Morgan fingerprint density at radius 3 is 2.37 bits per heavy atom. The van der Waals surface area contributed by atoms with Gasteiger partial charge in [0.25, 0.3) is 10.0 Å². The van der Waals surface area contributed by atoms with Crippen molar-refractivity contribution in [1.82, 2.24) is 0 Å². The molecule has 0 unspecified atom stereocenters. The maximum absolute atomic E-state index is 13.7. The van der Waals surface area contributed by atoms with E-state index in [1.165, 1.54) is 18.2 Å². The van der Waals surface area contributed by atoms with Gasteiger partial charge in [-0.25, -0.2) is 12.8 Å². The molecule has 3 rings (SSSR count). The molecule has 0 atom stereocenters. The maximum atomic E-state index is 13.7. The summed E-state index contributed by atoms with van der Waals surface area (Å²) in [6, 6.07) is 20.4. The third-order valence-corrected chi connectivity index (χ3v) is 5.47. The number of anilines is 1. The van der Waals surface area contributed by atoms with Crippen molar-refractivity contribution in [1.29, 1.82) is 0 Å². The summed E-state index contributed by atoms with van der Waals surface area (Å²) in [7, 11) is -3.74. The molecule has 0 radical (unpaired) electrons. The molecule has 0 aliphatic heterocycles. The summed E-state index contributed by atoms with van der Waals surface area (Å²) in [5, 5.41) is 0. The van der Waals surface area contributed by atoms with Crippen LogP contribution < -0.4 is 4.72 Å². The van der Waals surface area contributed by atoms with Crippen molar-refractivity contribution in [3.8, 4) is 0 Å². The molecule has 0 spiro atoms. The number of sulfonamides is 1. The Labute approximate surface area is 159 Å². The van der Waals surface area contributed by atoms with E-state index in [0.717, 1.165) is 11.1 Å². The van der Waals surface area contributed by atoms with E-state index in [1.54, 1.807) is 24.3 Å². The quantitative estimate of drug-likeness (QED) is 0.639. The Balaban J connectivity index is 1.83. The molecule has 3 aromatic rings. The summed E-state index contributed by atoms with van der Waals surface area (Å²) >= 11 is 0. The Hall–Kier alpha value is -2.92. The highest BCUT2D eigenvalue weighted by Crippen LogP contribution is 2.22. The molecule has 27 heavy (non-hydrogen) atoms. The lowest BCUT2D eigenvalue weighted by molar-refractivity contribution is 0.601. The molecule has 3 nitrogen and oxygen atoms in total. The van der Waals surface area contributed by atoms with Crippen LogP contribution in [0.25, 0.3) is 6.08 Å². The van der Waals surface area contributed by atoms with Gasteiger partial charge >= 0.3 is 0 Å². The molecular formula is C22H20FNO2S. The lowest BCUT2D eigenvalue weighted by atomic mass is 10.1. The fourth-order valence-corrected chi connectivity index (χ4v) is 3.74. The van der Waals surface area contributed by atoms with Crippen molar-refractivity contribution in [2.45, 2.75) is 18.2 Å². The average Bonchev–Trinajstić information content (AvgIpc) is 2.65. The third-order valence-electron chi connectivity index (χ3n) is 4.09. The third kappa shape index (κ3) is 5.05. The second-order valence-corrected chi connectivity index (χ2v) is 7.92. The molecule has 0 aliphatic carbocycles. The second kappa shape index (κ2) is 8.18. The van der Waals surface area contributed by atoms with Gasteiger partial charge < -0.3 is 0 Å². The zero-order valence-electron chi connectivity index (χ0n) is 14.9. The number of nitrogens with one attached hydrogen (secondary N) is 1. The van der Waals surface area contributed by atoms with Gasteiger partial charge in [0.1, 0.15) is 5.82 Å². The van der Waals surface area contributed by atoms with Crippen LogP contribution in [0.5, 0.6) is 0 Å². The molecule has 138 valence electrons. The largest absolute Gasteiger partial charge is 0.279 e. The number of hydrogen-bond acceptors (Lipinski definition) is 2. The molecule has 5 heteroatoms. The molecule has 0 fully saturated rings. The summed E-state index contributed by atoms with van der Waals surface area (Å²) in [5.41, 5.74) is 2.94. The Bertz CT molecular complexity index is 1040. The molecule has 0 aromatic heterocycles. The number of aryl methyl sites for hydroxylation is 1. The van der Waals surface area contributed by atoms with E-state index in [1.807, 2.05) is 49.4 Å². The van der Waals surface area contributed by atoms with Crippen LogP contribution in [0.1, 0.15) is 16.7 Å². The SMILES string of the molecule is Cc1ccc(S(=O)(=O)Nc2ccc(F)cc2C/C=C/c2ccccc2)cc1. The lowest BCUT2D eigenvalue weighted by Crippen LogP contribution is -2.14. The summed E-state index contributed by atoms with van der Waals surface area (Å²) in [5.74, 6) is -0.406. The first-order chi connectivity index (χ1) is 12.9. The highest BCUT2D eigenvalue weighted by atomic mass is 32.2. The predicted molar refractivity (Wildman–Crippen MR) is 108 cm³/mol. The normalized spacial score (nSPS) is 11.6. The van der Waals surface area contributed by atoms with Gasteiger partial charge in [-0.05, 0) is 54.8 Å². The van der Waals surface area contributed by atoms with Gasteiger partial charge in [0.05, 0.1) is 10.6 Å². The monoisotopic (exact) mass is 381 g/mol. The molecule has 3 aromatic carbocycles. The molecule has 0 saturated carbocycles. The van der Waals surface area contributed by atoms with Crippen molar-refractivity contribution in [2.24, 2.45) is 0 Å². The van der Waals surface area contributed by atoms with Crippen LogP contribution >= 0.6 is 0 Å². The first kappa shape index (κ1) is 18.9. The summed E-state index contributed by atoms with van der Waals surface area (Å²) in [6.45, 7) is 1.89. The van der Waals surface area contributed by atoms with Gasteiger partial charge in [-0.1, -0.05) is 60.2 Å². The standard InChI is InChI=1S/C22H20FNO2S/c1-17-10-13-21(14-11-17)27(25,26)24-22-15-12-20(23)16-19(22)9-5-8-18-6-3-2-4-7-18/h2-8,10-16,24H,9H2,1H3/b8-5+. The van der Waals surface area contributed by atoms with Crippen molar-refractivity contribution < 1.29 is 12.8 Å². The van der Waals surface area contributed by atoms with Crippen LogP contribution in [0, 0.1) is 12.7 Å². The van der Waals surface area contributed by atoms with E-state index in [-0.39, 0.29) is 4.90 Å². The van der Waals surface area contributed by atoms with Crippen LogP contribution in [-0.2, 0) is 16.4 Å². The van der Waals surface area contributed by atoms with Crippen molar-refractivity contribution in [3.05, 3.63) is 101 Å². The molecule has 0 aliphatic rings. The second-order valence-electron chi connectivity index (χ2n) is 6.24. The number of benzene rings is 3. The number of allylic oxidation sites excluding steroid dienone is 1. The summed E-state index contributed by atoms with van der Waals surface area (Å²) in [6.07, 6.45) is 4.20. The highest BCUT2D eigenvalue weighted by Gasteiger charge is 2.16. The zero-order valence-corrected chi connectivity index (χ0v) is 15.7. The topological polar surface area (TPSA) is 46.2 Å². The molecular weight excluding hydrogens is 361 g/mol. The molecule has 0 saturated heterocycles. The van der Waals surface area contributed by atoms with Crippen LogP contribution in [0.3, 0.4) is 0 Å². The smallest absolute Gasteiger partial charge is 0.261 e. The van der Waals surface area contributed by atoms with Crippen LogP contribution in [0.15, 0.2) is 83.8 Å². The van der Waals surface area contributed by atoms with Crippen molar-refractivity contribution in [2.75, 3.05) is 4.72 Å². The lowest BCUT2D eigenvalue weighted by Gasteiger charge is -2.12. The van der Waals surface area contributed by atoms with Crippen molar-refractivity contribution >= 4 is 21.8 Å². The minimum absolute atomic E-state index is 0.170. The van der Waals surface area contributed by atoms with Crippen LogP contribution in [0.4, 0.5) is 10.1 Å². The van der Waals surface area contributed by atoms with Gasteiger partial charge in [-0.15, -0.1) is 0 Å². The molecule has 0 amide bonds. The van der Waals surface area contributed by atoms with E-state index in [4.69, 9.17) is 0 Å². The van der Waals surface area contributed by atoms with Crippen LogP contribution in [0.2, 0.25) is 0 Å². The van der Waals surface area contributed by atoms with E-state index in [0.29, 0.717) is 17.7 Å². The minimum Gasteiger partial charge on any atom is -0.279 e. The summed E-state index contributed by atoms with van der Waals surface area (Å²) in [4.78, 5) is 0.170. The molecule has 0 heterocycles. The van der Waals surface area contributed by atoms with Crippen molar-refractivity contribution in [3.63, 3.8) is 0 Å². The first-order valence-corrected chi connectivity index (χ1v) is 10.0. The zero-order chi connectivity index (χ0) is 19.3. The maximum Gasteiger partial charge on any atom is 0.261 e. The number of hydrogen-bond donors (Lipinski definition) is 1. The Kier molecular flexibility index (Phi) is 5.72. The predicted octanol–water partition coefficient (Wildman–Crippen LogP) is 5.19. The number of halogens is 1. The Morgan fingerprint density at radius 2 is 1.67 bits per heavy atom. The van der Waals surface area contributed by atoms with E-state index >= 15 is 0 Å². The van der Waals surface area contributed by atoms with Gasteiger partial charge in [-0.3, -0.25) is 4.72 Å². The Morgan fingerprint density at radius 1 is 0.963 bits per heavy atom. The fraction of sp³-hybridized carbons (Fsp3) is 0.0909. The summed E-state index contributed by atoms with van der Waals surface area (Å²) < 4.78 is 41.5. The van der Waals surface area contributed by atoms with Crippen LogP contribution in [-0.4, -0.2) is 8.42 Å². The first-order valence-electron chi connectivity index (χ1n) is 8.53. The van der Waals surface area contributed by atoms with Gasteiger partial charge in [0.2, 0.25) is 0 Å². The van der Waals surface area contributed by atoms with Gasteiger partial charge in [0.15, 0.2) is 0 Å². The van der Waals surface area contributed by atoms with E-state index in [2.05, 4.69) is 4.72 Å².